The average molecular weight is 287 g/mol. The summed E-state index contributed by atoms with van der Waals surface area (Å²) in [6.07, 6.45) is -3.96. The molecular formula is C14H16F3NS. The third-order valence-corrected chi connectivity index (χ3v) is 3.95. The van der Waals surface area contributed by atoms with E-state index < -0.39 is 12.6 Å². The van der Waals surface area contributed by atoms with Crippen molar-refractivity contribution in [2.24, 2.45) is 0 Å². The highest BCUT2D eigenvalue weighted by Crippen LogP contribution is 2.25. The molecule has 0 saturated carbocycles. The van der Waals surface area contributed by atoms with Crippen LogP contribution in [-0.2, 0) is 6.54 Å². The monoisotopic (exact) mass is 287 g/mol. The molecule has 1 aromatic carbocycles. The van der Waals surface area contributed by atoms with E-state index in [-0.39, 0.29) is 6.42 Å². The van der Waals surface area contributed by atoms with Crippen molar-refractivity contribution in [2.45, 2.75) is 32.0 Å². The molecule has 0 aliphatic heterocycles. The number of thiophene rings is 1. The van der Waals surface area contributed by atoms with Crippen LogP contribution in [0.3, 0.4) is 0 Å². The van der Waals surface area contributed by atoms with Gasteiger partial charge in [0.25, 0.3) is 0 Å². The molecule has 0 fully saturated rings. The summed E-state index contributed by atoms with van der Waals surface area (Å²) in [5.74, 6) is 0. The zero-order chi connectivity index (χ0) is 13.7. The van der Waals surface area contributed by atoms with Crippen molar-refractivity contribution >= 4 is 21.4 Å². The van der Waals surface area contributed by atoms with E-state index in [2.05, 4.69) is 22.8 Å². The smallest absolute Gasteiger partial charge is 0.313 e. The Morgan fingerprint density at radius 1 is 1.11 bits per heavy atom. The molecule has 2 aromatic rings. The van der Waals surface area contributed by atoms with Gasteiger partial charge in [-0.1, -0.05) is 18.2 Å². The van der Waals surface area contributed by atoms with Crippen molar-refractivity contribution in [3.05, 3.63) is 35.2 Å². The van der Waals surface area contributed by atoms with Gasteiger partial charge in [0.15, 0.2) is 0 Å². The Labute approximate surface area is 114 Å². The zero-order valence-corrected chi connectivity index (χ0v) is 11.3. The minimum absolute atomic E-state index is 0.195. The largest absolute Gasteiger partial charge is 0.389 e. The van der Waals surface area contributed by atoms with Gasteiger partial charge >= 0.3 is 6.18 Å². The van der Waals surface area contributed by atoms with Gasteiger partial charge in [0, 0.05) is 17.7 Å². The van der Waals surface area contributed by atoms with Crippen molar-refractivity contribution in [3.8, 4) is 0 Å². The molecule has 1 heterocycles. The van der Waals surface area contributed by atoms with E-state index in [1.54, 1.807) is 11.3 Å². The first-order chi connectivity index (χ1) is 9.06. The summed E-state index contributed by atoms with van der Waals surface area (Å²) in [5, 5.41) is 6.54. The maximum absolute atomic E-state index is 11.9. The van der Waals surface area contributed by atoms with E-state index in [1.165, 1.54) is 15.6 Å². The fourth-order valence-electron chi connectivity index (χ4n) is 1.97. The Morgan fingerprint density at radius 3 is 2.68 bits per heavy atom. The first-order valence-corrected chi connectivity index (χ1v) is 7.17. The summed E-state index contributed by atoms with van der Waals surface area (Å²) in [5.41, 5.74) is 1.22. The van der Waals surface area contributed by atoms with Gasteiger partial charge in [-0.05, 0) is 41.8 Å². The molecule has 0 radical (unpaired) electrons. The molecule has 1 N–H and O–H groups in total. The van der Waals surface area contributed by atoms with Crippen molar-refractivity contribution in [2.75, 3.05) is 6.54 Å². The van der Waals surface area contributed by atoms with Crippen LogP contribution in [0, 0.1) is 0 Å². The van der Waals surface area contributed by atoms with E-state index >= 15 is 0 Å². The first-order valence-electron chi connectivity index (χ1n) is 6.29. The fraction of sp³-hybridized carbons (Fsp3) is 0.429. The van der Waals surface area contributed by atoms with Crippen molar-refractivity contribution in [1.29, 1.82) is 0 Å². The van der Waals surface area contributed by atoms with E-state index in [4.69, 9.17) is 0 Å². The summed E-state index contributed by atoms with van der Waals surface area (Å²) >= 11 is 1.70. The summed E-state index contributed by atoms with van der Waals surface area (Å²) in [7, 11) is 0. The second kappa shape index (κ2) is 6.39. The molecule has 1 nitrogen and oxygen atoms in total. The van der Waals surface area contributed by atoms with Crippen LogP contribution in [0.2, 0.25) is 0 Å². The van der Waals surface area contributed by atoms with Gasteiger partial charge in [0.1, 0.15) is 0 Å². The molecule has 2 rings (SSSR count). The molecular weight excluding hydrogens is 271 g/mol. The molecule has 1 aromatic heterocycles. The highest BCUT2D eigenvalue weighted by molar-refractivity contribution is 7.17. The normalized spacial score (nSPS) is 12.2. The second-order valence-corrected chi connectivity index (χ2v) is 5.42. The van der Waals surface area contributed by atoms with Crippen LogP contribution in [0.1, 0.15) is 24.8 Å². The van der Waals surface area contributed by atoms with E-state index in [0.717, 1.165) is 6.54 Å². The number of nitrogens with one attached hydrogen (secondary N) is 1. The Hall–Kier alpha value is -1.07. The van der Waals surface area contributed by atoms with Gasteiger partial charge in [0.05, 0.1) is 0 Å². The van der Waals surface area contributed by atoms with Gasteiger partial charge in [-0.2, -0.15) is 13.2 Å². The number of halogens is 3. The Morgan fingerprint density at radius 2 is 1.89 bits per heavy atom. The molecule has 104 valence electrons. The van der Waals surface area contributed by atoms with Crippen LogP contribution >= 0.6 is 11.3 Å². The fourth-order valence-corrected chi connectivity index (χ4v) is 2.93. The second-order valence-electron chi connectivity index (χ2n) is 4.51. The minimum atomic E-state index is -4.02. The topological polar surface area (TPSA) is 12.0 Å². The van der Waals surface area contributed by atoms with Gasteiger partial charge in [0.2, 0.25) is 0 Å². The summed E-state index contributed by atoms with van der Waals surface area (Å²) < 4.78 is 37.1. The third kappa shape index (κ3) is 4.51. The van der Waals surface area contributed by atoms with Gasteiger partial charge < -0.3 is 5.32 Å². The number of unbranched alkanes of at least 4 members (excludes halogenated alkanes) is 1. The van der Waals surface area contributed by atoms with Gasteiger partial charge in [-0.25, -0.2) is 0 Å². The van der Waals surface area contributed by atoms with Crippen LogP contribution < -0.4 is 5.32 Å². The predicted molar refractivity (Wildman–Crippen MR) is 73.4 cm³/mol. The van der Waals surface area contributed by atoms with Crippen LogP contribution in [0.15, 0.2) is 29.6 Å². The van der Waals surface area contributed by atoms with Crippen LogP contribution in [0.4, 0.5) is 13.2 Å². The van der Waals surface area contributed by atoms with Gasteiger partial charge in [-0.3, -0.25) is 0 Å². The quantitative estimate of drug-likeness (QED) is 0.758. The number of alkyl halides is 3. The third-order valence-electron chi connectivity index (χ3n) is 2.94. The number of hydrogen-bond acceptors (Lipinski definition) is 2. The lowest BCUT2D eigenvalue weighted by Crippen LogP contribution is -2.15. The average Bonchev–Trinajstić information content (AvgIpc) is 2.76. The van der Waals surface area contributed by atoms with Crippen LogP contribution in [0.25, 0.3) is 10.1 Å². The first kappa shape index (κ1) is 14.3. The lowest BCUT2D eigenvalue weighted by Gasteiger charge is -2.06. The van der Waals surface area contributed by atoms with Crippen LogP contribution in [-0.4, -0.2) is 12.7 Å². The summed E-state index contributed by atoms with van der Waals surface area (Å²) in [4.78, 5) is 0. The van der Waals surface area contributed by atoms with Crippen LogP contribution in [0.5, 0.6) is 0 Å². The van der Waals surface area contributed by atoms with Crippen molar-refractivity contribution < 1.29 is 13.2 Å². The van der Waals surface area contributed by atoms with E-state index in [0.29, 0.717) is 13.0 Å². The molecule has 0 unspecified atom stereocenters. The van der Waals surface area contributed by atoms with Crippen molar-refractivity contribution in [3.63, 3.8) is 0 Å². The SMILES string of the molecule is FC(F)(F)CCCCNCc1csc2ccccc12. The molecule has 0 bridgehead atoms. The minimum Gasteiger partial charge on any atom is -0.313 e. The Balaban J connectivity index is 1.71. The summed E-state index contributed by atoms with van der Waals surface area (Å²) in [6.45, 7) is 1.34. The van der Waals surface area contributed by atoms with Gasteiger partial charge in [-0.15, -0.1) is 11.3 Å². The number of benzene rings is 1. The maximum Gasteiger partial charge on any atom is 0.389 e. The zero-order valence-electron chi connectivity index (χ0n) is 10.5. The molecule has 0 aliphatic rings. The Kier molecular flexibility index (Phi) is 4.82. The lowest BCUT2D eigenvalue weighted by molar-refractivity contribution is -0.135. The molecule has 5 heteroatoms. The number of rotatable bonds is 6. The highest BCUT2D eigenvalue weighted by Gasteiger charge is 2.25. The molecule has 0 spiro atoms. The molecule has 19 heavy (non-hydrogen) atoms. The van der Waals surface area contributed by atoms with E-state index in [9.17, 15) is 13.2 Å². The standard InChI is InChI=1S/C14H16F3NS/c15-14(16,17)7-3-4-8-18-9-11-10-19-13-6-2-1-5-12(11)13/h1-2,5-6,10,18H,3-4,7-9H2. The van der Waals surface area contributed by atoms with E-state index in [1.807, 2.05) is 12.1 Å². The predicted octanol–water partition coefficient (Wildman–Crippen LogP) is 4.72. The molecule has 0 atom stereocenters. The maximum atomic E-state index is 11.9. The summed E-state index contributed by atoms with van der Waals surface area (Å²) in [6, 6.07) is 8.16. The number of hydrogen-bond donors (Lipinski definition) is 1. The molecule has 0 saturated heterocycles. The lowest BCUT2D eigenvalue weighted by atomic mass is 10.2. The molecule has 0 amide bonds. The van der Waals surface area contributed by atoms with Crippen molar-refractivity contribution in [1.82, 2.24) is 5.32 Å². The Bertz CT molecular complexity index is 519. The highest BCUT2D eigenvalue weighted by atomic mass is 32.1. The molecule has 0 aliphatic carbocycles. The number of fused-ring (bicyclic) bond motifs is 1.